The number of nitrogens with one attached hydrogen (secondary N) is 1. The van der Waals surface area contributed by atoms with E-state index in [1.54, 1.807) is 16.8 Å². The first-order valence-corrected chi connectivity index (χ1v) is 9.08. The van der Waals surface area contributed by atoms with Crippen LogP contribution in [0.15, 0.2) is 53.7 Å². The van der Waals surface area contributed by atoms with Crippen molar-refractivity contribution in [2.24, 2.45) is 0 Å². The summed E-state index contributed by atoms with van der Waals surface area (Å²) in [6, 6.07) is 15.0. The average Bonchev–Trinajstić information content (AvgIpc) is 3.10. The Hall–Kier alpha value is -2.38. The highest BCUT2D eigenvalue weighted by atomic mass is 35.5. The predicted octanol–water partition coefficient (Wildman–Crippen LogP) is 3.61. The van der Waals surface area contributed by atoms with Crippen molar-refractivity contribution in [3.05, 3.63) is 59.1 Å². The van der Waals surface area contributed by atoms with Crippen LogP contribution in [0.1, 0.15) is 12.5 Å². The monoisotopic (exact) mass is 373 g/mol. The number of rotatable bonds is 6. The molecule has 25 heavy (non-hydrogen) atoms. The molecule has 0 saturated heterocycles. The highest BCUT2D eigenvalue weighted by Gasteiger charge is 2.11. The molecule has 1 amide bonds. The maximum atomic E-state index is 12.1. The van der Waals surface area contributed by atoms with Gasteiger partial charge < -0.3 is 5.32 Å². The van der Waals surface area contributed by atoms with E-state index in [-0.39, 0.29) is 11.7 Å². The number of hydrogen-bond acceptors (Lipinski definition) is 5. The molecule has 2 aromatic carbocycles. The summed E-state index contributed by atoms with van der Waals surface area (Å²) in [7, 11) is 0. The molecule has 0 aliphatic heterocycles. The van der Waals surface area contributed by atoms with Gasteiger partial charge in [-0.2, -0.15) is 4.68 Å². The molecular weight excluding hydrogens is 358 g/mol. The molecule has 8 heteroatoms. The van der Waals surface area contributed by atoms with E-state index in [4.69, 9.17) is 11.6 Å². The third-order valence-electron chi connectivity index (χ3n) is 3.49. The van der Waals surface area contributed by atoms with Crippen LogP contribution < -0.4 is 5.32 Å². The molecule has 0 spiro atoms. The Balaban J connectivity index is 1.61. The minimum absolute atomic E-state index is 0.111. The van der Waals surface area contributed by atoms with Crippen molar-refractivity contribution in [2.75, 3.05) is 11.1 Å². The second-order valence-corrected chi connectivity index (χ2v) is 6.62. The number of aromatic nitrogens is 4. The lowest BCUT2D eigenvalue weighted by molar-refractivity contribution is -0.113. The summed E-state index contributed by atoms with van der Waals surface area (Å²) >= 11 is 7.16. The number of tetrazole rings is 1. The summed E-state index contributed by atoms with van der Waals surface area (Å²) in [5.41, 5.74) is 2.79. The molecule has 6 nitrogen and oxygen atoms in total. The van der Waals surface area contributed by atoms with Crippen LogP contribution in [0.3, 0.4) is 0 Å². The van der Waals surface area contributed by atoms with Crippen LogP contribution in [0.2, 0.25) is 5.02 Å². The van der Waals surface area contributed by atoms with Crippen LogP contribution in [0.5, 0.6) is 0 Å². The van der Waals surface area contributed by atoms with E-state index >= 15 is 0 Å². The van der Waals surface area contributed by atoms with Crippen molar-refractivity contribution >= 4 is 35.0 Å². The average molecular weight is 374 g/mol. The summed E-state index contributed by atoms with van der Waals surface area (Å²) in [6.45, 7) is 2.09. The molecule has 0 saturated carbocycles. The van der Waals surface area contributed by atoms with Gasteiger partial charge in [-0.15, -0.1) is 5.10 Å². The smallest absolute Gasteiger partial charge is 0.234 e. The molecule has 0 atom stereocenters. The van der Waals surface area contributed by atoms with Crippen molar-refractivity contribution in [2.45, 2.75) is 18.5 Å². The lowest BCUT2D eigenvalue weighted by Crippen LogP contribution is -2.14. The normalized spacial score (nSPS) is 10.6. The van der Waals surface area contributed by atoms with Crippen LogP contribution in [0, 0.1) is 0 Å². The minimum Gasteiger partial charge on any atom is -0.325 e. The fourth-order valence-corrected chi connectivity index (χ4v) is 2.98. The van der Waals surface area contributed by atoms with E-state index in [9.17, 15) is 4.79 Å². The third-order valence-corrected chi connectivity index (χ3v) is 4.66. The third kappa shape index (κ3) is 4.58. The molecule has 0 aliphatic carbocycles. The molecular formula is C17H16ClN5OS. The number of anilines is 1. The SMILES string of the molecule is CCc1ccc(NC(=O)CSc2nnnn2-c2ccc(Cl)cc2)cc1. The molecule has 1 heterocycles. The zero-order valence-electron chi connectivity index (χ0n) is 13.5. The second kappa shape index (κ2) is 8.13. The number of carbonyl (C=O) groups excluding carboxylic acids is 1. The van der Waals surface area contributed by atoms with Gasteiger partial charge in [0, 0.05) is 10.7 Å². The van der Waals surface area contributed by atoms with Crippen molar-refractivity contribution in [1.29, 1.82) is 0 Å². The zero-order chi connectivity index (χ0) is 17.6. The number of thioether (sulfide) groups is 1. The van der Waals surface area contributed by atoms with Crippen LogP contribution in [0.25, 0.3) is 5.69 Å². The van der Waals surface area contributed by atoms with Crippen LogP contribution in [-0.4, -0.2) is 31.9 Å². The molecule has 1 aromatic heterocycles. The Labute approximate surface area is 154 Å². The van der Waals surface area contributed by atoms with E-state index in [1.807, 2.05) is 36.4 Å². The molecule has 3 rings (SSSR count). The van der Waals surface area contributed by atoms with Gasteiger partial charge >= 0.3 is 0 Å². The van der Waals surface area contributed by atoms with Gasteiger partial charge in [0.1, 0.15) is 0 Å². The molecule has 1 N–H and O–H groups in total. The fraction of sp³-hybridized carbons (Fsp3) is 0.176. The molecule has 0 radical (unpaired) electrons. The lowest BCUT2D eigenvalue weighted by Gasteiger charge is -2.06. The van der Waals surface area contributed by atoms with Gasteiger partial charge in [0.25, 0.3) is 0 Å². The van der Waals surface area contributed by atoms with Crippen LogP contribution >= 0.6 is 23.4 Å². The van der Waals surface area contributed by atoms with E-state index in [0.29, 0.717) is 10.2 Å². The van der Waals surface area contributed by atoms with Crippen molar-refractivity contribution in [3.8, 4) is 5.69 Å². The van der Waals surface area contributed by atoms with E-state index in [0.717, 1.165) is 17.8 Å². The minimum atomic E-state index is -0.111. The van der Waals surface area contributed by atoms with Gasteiger partial charge in [-0.05, 0) is 58.8 Å². The summed E-state index contributed by atoms with van der Waals surface area (Å²) in [5, 5.41) is 15.7. The van der Waals surface area contributed by atoms with Gasteiger partial charge in [0.15, 0.2) is 0 Å². The fourth-order valence-electron chi connectivity index (χ4n) is 2.16. The number of hydrogen-bond donors (Lipinski definition) is 1. The van der Waals surface area contributed by atoms with Gasteiger partial charge in [-0.3, -0.25) is 4.79 Å². The van der Waals surface area contributed by atoms with Crippen molar-refractivity contribution < 1.29 is 4.79 Å². The standard InChI is InChI=1S/C17H16ClN5OS/c1-2-12-3-7-14(8-4-12)19-16(24)11-25-17-20-21-22-23(17)15-9-5-13(18)6-10-15/h3-10H,2,11H2,1H3,(H,19,24). The number of carbonyl (C=O) groups is 1. The summed E-state index contributed by atoms with van der Waals surface area (Å²) in [5.74, 6) is 0.101. The van der Waals surface area contributed by atoms with E-state index in [1.165, 1.54) is 17.3 Å². The first kappa shape index (κ1) is 17.4. The number of aryl methyl sites for hydroxylation is 1. The highest BCUT2D eigenvalue weighted by molar-refractivity contribution is 7.99. The maximum absolute atomic E-state index is 12.1. The number of halogens is 1. The molecule has 3 aromatic rings. The Kier molecular flexibility index (Phi) is 5.67. The Morgan fingerprint density at radius 2 is 1.88 bits per heavy atom. The Morgan fingerprint density at radius 3 is 2.56 bits per heavy atom. The number of benzene rings is 2. The first-order chi connectivity index (χ1) is 12.2. The van der Waals surface area contributed by atoms with E-state index < -0.39 is 0 Å². The zero-order valence-corrected chi connectivity index (χ0v) is 15.1. The molecule has 0 unspecified atom stereocenters. The molecule has 0 aliphatic rings. The Bertz CT molecular complexity index is 848. The summed E-state index contributed by atoms with van der Waals surface area (Å²) in [6.07, 6.45) is 0.970. The number of amides is 1. The quantitative estimate of drug-likeness (QED) is 0.668. The molecule has 128 valence electrons. The first-order valence-electron chi connectivity index (χ1n) is 7.71. The van der Waals surface area contributed by atoms with Gasteiger partial charge in [-0.25, -0.2) is 0 Å². The highest BCUT2D eigenvalue weighted by Crippen LogP contribution is 2.20. The van der Waals surface area contributed by atoms with Crippen LogP contribution in [0.4, 0.5) is 5.69 Å². The maximum Gasteiger partial charge on any atom is 0.234 e. The summed E-state index contributed by atoms with van der Waals surface area (Å²) < 4.78 is 1.57. The molecule has 0 bridgehead atoms. The number of nitrogens with zero attached hydrogens (tertiary/aromatic N) is 4. The largest absolute Gasteiger partial charge is 0.325 e. The van der Waals surface area contributed by atoms with Gasteiger partial charge in [-0.1, -0.05) is 42.4 Å². The topological polar surface area (TPSA) is 72.7 Å². The molecule has 0 fully saturated rings. The van der Waals surface area contributed by atoms with Crippen molar-refractivity contribution in [1.82, 2.24) is 20.2 Å². The Morgan fingerprint density at radius 1 is 1.16 bits per heavy atom. The summed E-state index contributed by atoms with van der Waals surface area (Å²) in [4.78, 5) is 12.1. The van der Waals surface area contributed by atoms with Gasteiger partial charge in [0.2, 0.25) is 11.1 Å². The second-order valence-electron chi connectivity index (χ2n) is 5.24. The van der Waals surface area contributed by atoms with Crippen LogP contribution in [-0.2, 0) is 11.2 Å². The lowest BCUT2D eigenvalue weighted by atomic mass is 10.1. The van der Waals surface area contributed by atoms with Crippen molar-refractivity contribution in [3.63, 3.8) is 0 Å². The van der Waals surface area contributed by atoms with E-state index in [2.05, 4.69) is 27.8 Å². The van der Waals surface area contributed by atoms with Gasteiger partial charge in [0.05, 0.1) is 11.4 Å². The predicted molar refractivity (Wildman–Crippen MR) is 99.3 cm³/mol.